The summed E-state index contributed by atoms with van der Waals surface area (Å²) in [5, 5.41) is 0. The topological polar surface area (TPSA) is 78.0 Å². The van der Waals surface area contributed by atoms with Crippen molar-refractivity contribution in [2.45, 2.75) is 30.2 Å². The fraction of sp³-hybridized carbons (Fsp3) is 0.391. The van der Waals surface area contributed by atoms with Crippen molar-refractivity contribution in [3.8, 4) is 0 Å². The van der Waals surface area contributed by atoms with Gasteiger partial charge in [0.25, 0.3) is 0 Å². The molecule has 0 radical (unpaired) electrons. The third-order valence-electron chi connectivity index (χ3n) is 6.03. The monoisotopic (exact) mass is 459 g/mol. The van der Waals surface area contributed by atoms with Gasteiger partial charge in [-0.1, -0.05) is 42.5 Å². The van der Waals surface area contributed by atoms with E-state index in [2.05, 4.69) is 0 Å². The molecule has 2 aliphatic heterocycles. The van der Waals surface area contributed by atoms with Gasteiger partial charge in [0.2, 0.25) is 21.8 Å². The molecule has 2 saturated heterocycles. The Kier molecular flexibility index (Phi) is 6.57. The number of sulfonamides is 1. The zero-order chi connectivity index (χ0) is 22.7. The second-order valence-corrected chi connectivity index (χ2v) is 9.92. The smallest absolute Gasteiger partial charge is 0.250 e. The minimum absolute atomic E-state index is 0.0424. The Labute approximate surface area is 187 Å². The van der Waals surface area contributed by atoms with Gasteiger partial charge in [0, 0.05) is 39.1 Å². The molecular weight excluding hydrogens is 433 g/mol. The number of carbonyl (C=O) groups is 2. The van der Waals surface area contributed by atoms with E-state index in [1.807, 2.05) is 30.3 Å². The minimum Gasteiger partial charge on any atom is -0.338 e. The number of benzene rings is 2. The number of likely N-dealkylation sites (tertiary alicyclic amines) is 1. The van der Waals surface area contributed by atoms with Crippen LogP contribution in [0.15, 0.2) is 59.5 Å². The van der Waals surface area contributed by atoms with Crippen molar-refractivity contribution in [3.05, 3.63) is 66.0 Å². The lowest BCUT2D eigenvalue weighted by Crippen LogP contribution is -2.54. The molecule has 0 N–H and O–H groups in total. The van der Waals surface area contributed by atoms with E-state index in [9.17, 15) is 22.4 Å². The normalized spacial score (nSPS) is 19.1. The van der Waals surface area contributed by atoms with Gasteiger partial charge >= 0.3 is 0 Å². The van der Waals surface area contributed by atoms with E-state index in [-0.39, 0.29) is 42.9 Å². The van der Waals surface area contributed by atoms with Gasteiger partial charge < -0.3 is 9.80 Å². The van der Waals surface area contributed by atoms with Crippen LogP contribution in [0, 0.1) is 5.82 Å². The number of halogens is 1. The molecule has 2 amide bonds. The molecular formula is C23H26FN3O4S. The van der Waals surface area contributed by atoms with Gasteiger partial charge in [-0.15, -0.1) is 0 Å². The van der Waals surface area contributed by atoms with Crippen LogP contribution < -0.4 is 0 Å². The van der Waals surface area contributed by atoms with Crippen LogP contribution in [0.1, 0.15) is 30.9 Å². The van der Waals surface area contributed by atoms with Crippen LogP contribution in [0.2, 0.25) is 0 Å². The van der Waals surface area contributed by atoms with Crippen LogP contribution in [-0.2, 0) is 19.6 Å². The number of nitrogens with zero attached hydrogens (tertiary/aromatic N) is 3. The van der Waals surface area contributed by atoms with Crippen LogP contribution >= 0.6 is 0 Å². The highest BCUT2D eigenvalue weighted by Crippen LogP contribution is 2.28. The number of rotatable bonds is 5. The summed E-state index contributed by atoms with van der Waals surface area (Å²) in [5.74, 6) is -1.05. The molecule has 0 aliphatic carbocycles. The predicted molar refractivity (Wildman–Crippen MR) is 116 cm³/mol. The molecule has 2 aliphatic rings. The Morgan fingerprint density at radius 1 is 0.875 bits per heavy atom. The molecule has 0 aromatic heterocycles. The average Bonchev–Trinajstić information content (AvgIpc) is 2.81. The first-order chi connectivity index (χ1) is 15.4. The molecule has 2 fully saturated rings. The van der Waals surface area contributed by atoms with Crippen LogP contribution in [0.25, 0.3) is 0 Å². The largest absolute Gasteiger partial charge is 0.338 e. The molecule has 0 saturated carbocycles. The first-order valence-electron chi connectivity index (χ1n) is 10.8. The summed E-state index contributed by atoms with van der Waals surface area (Å²) in [6.45, 7) is 1.01. The SMILES string of the molecule is O=C(C(c1ccccc1)N1CCCCC1=O)N1CCN(S(=O)(=O)c2ccccc2F)CC1. The Balaban J connectivity index is 1.52. The lowest BCUT2D eigenvalue weighted by Gasteiger charge is -2.40. The number of hydrogen-bond donors (Lipinski definition) is 0. The minimum atomic E-state index is -3.99. The highest BCUT2D eigenvalue weighted by atomic mass is 32.2. The third-order valence-corrected chi connectivity index (χ3v) is 7.96. The second kappa shape index (κ2) is 9.38. The molecule has 2 aromatic rings. The maximum absolute atomic E-state index is 14.1. The van der Waals surface area contributed by atoms with Crippen molar-refractivity contribution in [1.82, 2.24) is 14.1 Å². The zero-order valence-electron chi connectivity index (χ0n) is 17.7. The molecule has 0 bridgehead atoms. The first kappa shape index (κ1) is 22.4. The van der Waals surface area contributed by atoms with E-state index in [0.717, 1.165) is 24.5 Å². The molecule has 0 spiro atoms. The zero-order valence-corrected chi connectivity index (χ0v) is 18.5. The molecule has 32 heavy (non-hydrogen) atoms. The lowest BCUT2D eigenvalue weighted by molar-refractivity contribution is -0.148. The molecule has 9 heteroatoms. The Bertz CT molecular complexity index is 1090. The molecule has 4 rings (SSSR count). The maximum Gasteiger partial charge on any atom is 0.250 e. The number of amides is 2. The number of piperazine rings is 1. The number of piperidine rings is 1. The average molecular weight is 460 g/mol. The van der Waals surface area contributed by atoms with Crippen LogP contribution in [0.3, 0.4) is 0 Å². The van der Waals surface area contributed by atoms with Crippen molar-refractivity contribution < 1.29 is 22.4 Å². The quantitative estimate of drug-likeness (QED) is 0.688. The molecule has 170 valence electrons. The Morgan fingerprint density at radius 3 is 2.19 bits per heavy atom. The van der Waals surface area contributed by atoms with Crippen LogP contribution in [0.4, 0.5) is 4.39 Å². The standard InChI is InChI=1S/C23H26FN3O4S/c24-19-10-4-5-11-20(19)32(30,31)26-16-14-25(15-17-26)23(29)22(18-8-2-1-3-9-18)27-13-7-6-12-21(27)28/h1-5,8-11,22H,6-7,12-17H2. The van der Waals surface area contributed by atoms with E-state index < -0.39 is 21.9 Å². The summed E-state index contributed by atoms with van der Waals surface area (Å²) in [6.07, 6.45) is 2.08. The van der Waals surface area contributed by atoms with Gasteiger partial charge in [-0.25, -0.2) is 12.8 Å². The molecule has 2 aromatic carbocycles. The van der Waals surface area contributed by atoms with Gasteiger partial charge in [0.15, 0.2) is 0 Å². The molecule has 1 unspecified atom stereocenters. The van der Waals surface area contributed by atoms with Gasteiger partial charge in [-0.05, 0) is 30.5 Å². The van der Waals surface area contributed by atoms with Crippen molar-refractivity contribution in [3.63, 3.8) is 0 Å². The lowest BCUT2D eigenvalue weighted by atomic mass is 9.99. The first-order valence-corrected chi connectivity index (χ1v) is 12.2. The molecule has 1 atom stereocenters. The highest BCUT2D eigenvalue weighted by Gasteiger charge is 2.38. The summed E-state index contributed by atoms with van der Waals surface area (Å²) >= 11 is 0. The van der Waals surface area contributed by atoms with E-state index in [1.165, 1.54) is 22.5 Å². The third kappa shape index (κ3) is 4.40. The highest BCUT2D eigenvalue weighted by molar-refractivity contribution is 7.89. The van der Waals surface area contributed by atoms with Crippen molar-refractivity contribution in [2.75, 3.05) is 32.7 Å². The molecule has 2 heterocycles. The van der Waals surface area contributed by atoms with Crippen molar-refractivity contribution >= 4 is 21.8 Å². The van der Waals surface area contributed by atoms with E-state index in [4.69, 9.17) is 0 Å². The summed E-state index contributed by atoms with van der Waals surface area (Å²) in [7, 11) is -3.99. The van der Waals surface area contributed by atoms with Gasteiger partial charge in [-0.3, -0.25) is 9.59 Å². The summed E-state index contributed by atoms with van der Waals surface area (Å²) in [5.41, 5.74) is 0.745. The van der Waals surface area contributed by atoms with Gasteiger partial charge in [0.05, 0.1) is 0 Å². The van der Waals surface area contributed by atoms with Gasteiger partial charge in [0.1, 0.15) is 16.8 Å². The van der Waals surface area contributed by atoms with E-state index in [1.54, 1.807) is 9.80 Å². The van der Waals surface area contributed by atoms with Crippen molar-refractivity contribution in [2.24, 2.45) is 0 Å². The summed E-state index contributed by atoms with van der Waals surface area (Å²) < 4.78 is 41.0. The Hall–Kier alpha value is -2.78. The fourth-order valence-electron chi connectivity index (χ4n) is 4.31. The van der Waals surface area contributed by atoms with Crippen LogP contribution in [0.5, 0.6) is 0 Å². The molecule has 7 nitrogen and oxygen atoms in total. The summed E-state index contributed by atoms with van der Waals surface area (Å²) in [6, 6.07) is 13.8. The predicted octanol–water partition coefficient (Wildman–Crippen LogP) is 2.41. The van der Waals surface area contributed by atoms with Crippen LogP contribution in [-0.4, -0.2) is 67.1 Å². The van der Waals surface area contributed by atoms with E-state index >= 15 is 0 Å². The number of hydrogen-bond acceptors (Lipinski definition) is 4. The Morgan fingerprint density at radius 2 is 1.53 bits per heavy atom. The summed E-state index contributed by atoms with van der Waals surface area (Å²) in [4.78, 5) is 29.0. The van der Waals surface area contributed by atoms with E-state index in [0.29, 0.717) is 13.0 Å². The van der Waals surface area contributed by atoms with Gasteiger partial charge in [-0.2, -0.15) is 4.31 Å². The number of carbonyl (C=O) groups excluding carboxylic acids is 2. The maximum atomic E-state index is 14.1. The second-order valence-electron chi connectivity index (χ2n) is 8.02. The van der Waals surface area contributed by atoms with Crippen molar-refractivity contribution in [1.29, 1.82) is 0 Å². The fourth-order valence-corrected chi connectivity index (χ4v) is 5.79.